The van der Waals surface area contributed by atoms with Crippen LogP contribution in [0.2, 0.25) is 0 Å². The number of hydrogen-bond donors (Lipinski definition) is 1. The van der Waals surface area contributed by atoms with Crippen molar-refractivity contribution in [2.45, 2.75) is 50.9 Å². The molecule has 2 bridgehead atoms. The van der Waals surface area contributed by atoms with Crippen LogP contribution in [-0.4, -0.2) is 11.6 Å². The lowest BCUT2D eigenvalue weighted by atomic mass is 9.59. The van der Waals surface area contributed by atoms with Crippen LogP contribution in [-0.2, 0) is 5.41 Å². The Balaban J connectivity index is 0.00000161. The van der Waals surface area contributed by atoms with Gasteiger partial charge in [0, 0.05) is 13.1 Å². The number of rotatable bonds is 5. The summed E-state index contributed by atoms with van der Waals surface area (Å²) in [5.41, 5.74) is 8.32. The average Bonchev–Trinajstić information content (AvgIpc) is 2.81. The van der Waals surface area contributed by atoms with Crippen LogP contribution in [0.15, 0.2) is 30.3 Å². The number of thioether (sulfide) groups is 1. The van der Waals surface area contributed by atoms with E-state index in [4.69, 9.17) is 5.73 Å². The molecule has 2 aliphatic carbocycles. The van der Waals surface area contributed by atoms with E-state index >= 15 is 0 Å². The van der Waals surface area contributed by atoms with E-state index in [1.165, 1.54) is 44.3 Å². The molecule has 0 aromatic heterocycles. The zero-order valence-electron chi connectivity index (χ0n) is 12.6. The molecular weight excluding hydrogens is 262 g/mol. The van der Waals surface area contributed by atoms with Gasteiger partial charge >= 0.3 is 0 Å². The van der Waals surface area contributed by atoms with E-state index in [0.29, 0.717) is 10.8 Å². The highest BCUT2D eigenvalue weighted by Crippen LogP contribution is 2.60. The van der Waals surface area contributed by atoms with Gasteiger partial charge in [0.25, 0.3) is 0 Å². The lowest BCUT2D eigenvalue weighted by molar-refractivity contribution is 0.139. The van der Waals surface area contributed by atoms with Gasteiger partial charge in [-0.05, 0) is 60.8 Å². The van der Waals surface area contributed by atoms with Gasteiger partial charge in [0.15, 0.2) is 0 Å². The normalized spacial score (nSPS) is 36.2. The molecule has 1 aromatic carbocycles. The highest BCUT2D eigenvalue weighted by Gasteiger charge is 2.51. The van der Waals surface area contributed by atoms with Gasteiger partial charge in [-0.25, -0.2) is 0 Å². The zero-order chi connectivity index (χ0) is 14.1. The van der Waals surface area contributed by atoms with Crippen molar-refractivity contribution in [2.75, 3.05) is 11.6 Å². The molecule has 0 radical (unpaired) electrons. The van der Waals surface area contributed by atoms with E-state index in [0.717, 1.165) is 11.8 Å². The van der Waals surface area contributed by atoms with Gasteiger partial charge in [-0.3, -0.25) is 0 Å². The molecule has 0 spiro atoms. The Labute approximate surface area is 129 Å². The fraction of sp³-hybridized carbons (Fsp3) is 0.667. The minimum absolute atomic E-state index is 0. The summed E-state index contributed by atoms with van der Waals surface area (Å²) in [6, 6.07) is 11.3. The standard InChI is InChI=1S/C18H27NS.H2/c1-2-18(16-6-4-3-5-7-16)11-15-8-9-17(10-15,12-18)13-20-14-19;/h3-7,15H,2,8-14,19H2,1H3;1H. The molecule has 0 amide bonds. The van der Waals surface area contributed by atoms with Crippen molar-refractivity contribution in [3.05, 3.63) is 35.9 Å². The lowest BCUT2D eigenvalue weighted by Crippen LogP contribution is -2.40. The molecule has 2 fully saturated rings. The zero-order valence-corrected chi connectivity index (χ0v) is 13.4. The largest absolute Gasteiger partial charge is 0.322 e. The van der Waals surface area contributed by atoms with Gasteiger partial charge < -0.3 is 5.73 Å². The lowest BCUT2D eigenvalue weighted by Gasteiger charge is -2.47. The van der Waals surface area contributed by atoms with E-state index in [2.05, 4.69) is 37.3 Å². The molecule has 2 N–H and O–H groups in total. The Morgan fingerprint density at radius 1 is 1.30 bits per heavy atom. The number of hydrogen-bond acceptors (Lipinski definition) is 2. The first-order valence-electron chi connectivity index (χ1n) is 8.05. The molecule has 2 saturated carbocycles. The van der Waals surface area contributed by atoms with Gasteiger partial charge in [-0.1, -0.05) is 37.3 Å². The van der Waals surface area contributed by atoms with Gasteiger partial charge in [0.1, 0.15) is 0 Å². The van der Waals surface area contributed by atoms with E-state index in [9.17, 15) is 0 Å². The maximum Gasteiger partial charge on any atom is 0.0392 e. The second-order valence-corrected chi connectivity index (χ2v) is 8.04. The summed E-state index contributed by atoms with van der Waals surface area (Å²) >= 11 is 1.95. The quantitative estimate of drug-likeness (QED) is 0.788. The van der Waals surface area contributed by atoms with E-state index in [1.807, 2.05) is 11.8 Å². The second-order valence-electron chi connectivity index (χ2n) is 7.00. The SMILES string of the molecule is CCC1(c2ccccc2)CC2CCC(CSCN)(C2)C1.[HH]. The fourth-order valence-electron chi connectivity index (χ4n) is 4.95. The molecule has 2 aliphatic rings. The number of nitrogens with two attached hydrogens (primary N) is 1. The van der Waals surface area contributed by atoms with Crippen LogP contribution in [0.25, 0.3) is 0 Å². The highest BCUT2D eigenvalue weighted by molar-refractivity contribution is 7.99. The van der Waals surface area contributed by atoms with Gasteiger partial charge in [0.2, 0.25) is 0 Å². The Kier molecular flexibility index (Phi) is 4.14. The molecule has 20 heavy (non-hydrogen) atoms. The van der Waals surface area contributed by atoms with Crippen molar-refractivity contribution >= 4 is 11.8 Å². The Morgan fingerprint density at radius 2 is 2.10 bits per heavy atom. The number of benzene rings is 1. The summed E-state index contributed by atoms with van der Waals surface area (Å²) in [6.07, 6.45) is 8.39. The minimum Gasteiger partial charge on any atom is -0.322 e. The van der Waals surface area contributed by atoms with Crippen molar-refractivity contribution < 1.29 is 1.43 Å². The molecule has 1 nitrogen and oxygen atoms in total. The molecule has 3 unspecified atom stereocenters. The fourth-order valence-corrected chi connectivity index (χ4v) is 5.86. The van der Waals surface area contributed by atoms with Crippen molar-refractivity contribution in [3.63, 3.8) is 0 Å². The first kappa shape index (κ1) is 14.5. The van der Waals surface area contributed by atoms with Crippen LogP contribution in [0.5, 0.6) is 0 Å². The summed E-state index contributed by atoms with van der Waals surface area (Å²) in [6.45, 7) is 2.39. The predicted molar refractivity (Wildman–Crippen MR) is 91.0 cm³/mol. The summed E-state index contributed by atoms with van der Waals surface area (Å²) in [4.78, 5) is 0. The molecule has 0 saturated heterocycles. The smallest absolute Gasteiger partial charge is 0.0392 e. The molecule has 1 aromatic rings. The van der Waals surface area contributed by atoms with Crippen LogP contribution in [0.3, 0.4) is 0 Å². The topological polar surface area (TPSA) is 26.0 Å². The second kappa shape index (κ2) is 5.73. The molecule has 2 heteroatoms. The van der Waals surface area contributed by atoms with Crippen LogP contribution in [0, 0.1) is 11.3 Å². The molecule has 3 rings (SSSR count). The van der Waals surface area contributed by atoms with Crippen molar-refractivity contribution in [3.8, 4) is 0 Å². The van der Waals surface area contributed by atoms with Crippen LogP contribution in [0.1, 0.15) is 52.4 Å². The molecule has 3 atom stereocenters. The highest BCUT2D eigenvalue weighted by atomic mass is 32.2. The first-order valence-corrected chi connectivity index (χ1v) is 9.21. The molecular formula is C18H29NS. The molecule has 112 valence electrons. The van der Waals surface area contributed by atoms with Crippen LogP contribution >= 0.6 is 11.8 Å². The third-order valence-corrected chi connectivity index (χ3v) is 6.84. The monoisotopic (exact) mass is 291 g/mol. The minimum atomic E-state index is 0. The third kappa shape index (κ3) is 2.53. The molecule has 0 aliphatic heterocycles. The summed E-state index contributed by atoms with van der Waals surface area (Å²) < 4.78 is 0. The van der Waals surface area contributed by atoms with Gasteiger partial charge in [-0.2, -0.15) is 0 Å². The Hall–Kier alpha value is -0.470. The van der Waals surface area contributed by atoms with Crippen molar-refractivity contribution in [1.29, 1.82) is 0 Å². The summed E-state index contributed by atoms with van der Waals surface area (Å²) in [5, 5.41) is 0. The Morgan fingerprint density at radius 3 is 2.80 bits per heavy atom. The van der Waals surface area contributed by atoms with E-state index in [-0.39, 0.29) is 1.43 Å². The maximum absolute atomic E-state index is 5.75. The van der Waals surface area contributed by atoms with Crippen molar-refractivity contribution in [1.82, 2.24) is 0 Å². The van der Waals surface area contributed by atoms with Crippen LogP contribution in [0.4, 0.5) is 0 Å². The van der Waals surface area contributed by atoms with Gasteiger partial charge in [-0.15, -0.1) is 11.8 Å². The number of fused-ring (bicyclic) bond motifs is 2. The third-order valence-electron chi connectivity index (χ3n) is 5.79. The average molecular weight is 292 g/mol. The van der Waals surface area contributed by atoms with Crippen LogP contribution < -0.4 is 5.73 Å². The predicted octanol–water partition coefficient (Wildman–Crippen LogP) is 4.81. The maximum atomic E-state index is 5.75. The van der Waals surface area contributed by atoms with E-state index < -0.39 is 0 Å². The summed E-state index contributed by atoms with van der Waals surface area (Å²) in [7, 11) is 0. The Bertz CT molecular complexity index is 452. The van der Waals surface area contributed by atoms with Gasteiger partial charge in [0.05, 0.1) is 0 Å². The summed E-state index contributed by atoms with van der Waals surface area (Å²) in [5.74, 6) is 2.99. The first-order chi connectivity index (χ1) is 9.72. The van der Waals surface area contributed by atoms with Crippen molar-refractivity contribution in [2.24, 2.45) is 17.1 Å². The van der Waals surface area contributed by atoms with E-state index in [1.54, 1.807) is 5.56 Å². The molecule has 0 heterocycles.